The summed E-state index contributed by atoms with van der Waals surface area (Å²) in [6.07, 6.45) is 5.12. The second-order valence-corrected chi connectivity index (χ2v) is 4.26. The fraction of sp³-hybridized carbons (Fsp3) is 0.250. The first-order valence-electron chi connectivity index (χ1n) is 6.71. The highest BCUT2D eigenvalue weighted by Crippen LogP contribution is 2.13. The third kappa shape index (κ3) is 3.57. The second kappa shape index (κ2) is 6.70. The lowest BCUT2D eigenvalue weighted by molar-refractivity contribution is 0.104. The predicted octanol–water partition coefficient (Wildman–Crippen LogP) is 3.20. The van der Waals surface area contributed by atoms with E-state index in [1.165, 1.54) is 6.08 Å². The van der Waals surface area contributed by atoms with Crippen LogP contribution in [0.2, 0.25) is 0 Å². The monoisotopic (exact) mass is 270 g/mol. The van der Waals surface area contributed by atoms with Gasteiger partial charge in [0.2, 0.25) is 5.78 Å². The van der Waals surface area contributed by atoms with Crippen LogP contribution in [-0.4, -0.2) is 22.2 Å². The fourth-order valence-corrected chi connectivity index (χ4v) is 1.77. The number of aryl methyl sites for hydroxylation is 1. The van der Waals surface area contributed by atoms with Crippen molar-refractivity contribution >= 4 is 11.9 Å². The van der Waals surface area contributed by atoms with Crippen molar-refractivity contribution in [3.63, 3.8) is 0 Å². The summed E-state index contributed by atoms with van der Waals surface area (Å²) in [7, 11) is 0. The van der Waals surface area contributed by atoms with Gasteiger partial charge >= 0.3 is 0 Å². The first-order chi connectivity index (χ1) is 9.72. The van der Waals surface area contributed by atoms with Gasteiger partial charge in [-0.1, -0.05) is 18.2 Å². The third-order valence-corrected chi connectivity index (χ3v) is 2.84. The molecule has 0 aliphatic rings. The number of carbonyl (C=O) groups excluding carboxylic acids is 1. The van der Waals surface area contributed by atoms with Crippen LogP contribution in [0.25, 0.3) is 6.08 Å². The summed E-state index contributed by atoms with van der Waals surface area (Å²) in [5.41, 5.74) is 1.42. The minimum atomic E-state index is -0.0916. The Morgan fingerprint density at radius 2 is 2.00 bits per heavy atom. The number of hydrogen-bond acceptors (Lipinski definition) is 3. The lowest BCUT2D eigenvalue weighted by Gasteiger charge is -2.02. The molecule has 0 saturated heterocycles. The Hall–Kier alpha value is -2.36. The molecule has 1 heterocycles. The van der Waals surface area contributed by atoms with Crippen molar-refractivity contribution in [2.45, 2.75) is 20.4 Å². The summed E-state index contributed by atoms with van der Waals surface area (Å²) in [4.78, 5) is 11.9. The fourth-order valence-electron chi connectivity index (χ4n) is 1.77. The van der Waals surface area contributed by atoms with E-state index in [0.29, 0.717) is 12.3 Å². The van der Waals surface area contributed by atoms with E-state index < -0.39 is 0 Å². The molecule has 0 N–H and O–H groups in total. The average molecular weight is 270 g/mol. The maximum Gasteiger partial charge on any atom is 0.206 e. The molecule has 1 aromatic carbocycles. The Kier molecular flexibility index (Phi) is 4.71. The van der Waals surface area contributed by atoms with Gasteiger partial charge in [-0.05, 0) is 43.7 Å². The van der Waals surface area contributed by atoms with Gasteiger partial charge in [0.25, 0.3) is 0 Å². The van der Waals surface area contributed by atoms with E-state index in [-0.39, 0.29) is 5.78 Å². The molecule has 20 heavy (non-hydrogen) atoms. The molecule has 0 radical (unpaired) electrons. The first-order valence-corrected chi connectivity index (χ1v) is 6.71. The van der Waals surface area contributed by atoms with Crippen molar-refractivity contribution in [3.8, 4) is 5.75 Å². The molecule has 2 aromatic rings. The molecule has 4 heteroatoms. The van der Waals surface area contributed by atoms with Crippen LogP contribution < -0.4 is 4.74 Å². The van der Waals surface area contributed by atoms with Gasteiger partial charge in [-0.15, -0.1) is 0 Å². The number of rotatable bonds is 6. The molecule has 0 saturated carbocycles. The lowest BCUT2D eigenvalue weighted by atomic mass is 10.1. The molecule has 1 aromatic heterocycles. The number of ketones is 1. The zero-order valence-electron chi connectivity index (χ0n) is 11.7. The minimum Gasteiger partial charge on any atom is -0.494 e. The summed E-state index contributed by atoms with van der Waals surface area (Å²) < 4.78 is 7.10. The largest absolute Gasteiger partial charge is 0.494 e. The quantitative estimate of drug-likeness (QED) is 0.598. The number of carbonyl (C=O) groups is 1. The summed E-state index contributed by atoms with van der Waals surface area (Å²) in [5.74, 6) is 0.740. The van der Waals surface area contributed by atoms with E-state index in [0.717, 1.165) is 17.9 Å². The van der Waals surface area contributed by atoms with Crippen LogP contribution in [0.4, 0.5) is 0 Å². The van der Waals surface area contributed by atoms with Crippen molar-refractivity contribution in [2.24, 2.45) is 0 Å². The molecule has 0 atom stereocenters. The summed E-state index contributed by atoms with van der Waals surface area (Å²) in [6.45, 7) is 5.34. The summed E-state index contributed by atoms with van der Waals surface area (Å²) >= 11 is 0. The molecular formula is C16H18N2O2. The smallest absolute Gasteiger partial charge is 0.206 e. The minimum absolute atomic E-state index is 0.0916. The van der Waals surface area contributed by atoms with Crippen LogP contribution in [0.1, 0.15) is 29.9 Å². The molecule has 0 amide bonds. The van der Waals surface area contributed by atoms with Crippen LogP contribution >= 0.6 is 0 Å². The van der Waals surface area contributed by atoms with Gasteiger partial charge in [0.1, 0.15) is 11.4 Å². The number of hydrogen-bond donors (Lipinski definition) is 0. The maximum atomic E-state index is 11.9. The molecular weight excluding hydrogens is 252 g/mol. The molecule has 0 unspecified atom stereocenters. The summed E-state index contributed by atoms with van der Waals surface area (Å²) in [6, 6.07) is 9.34. The Morgan fingerprint density at radius 1 is 1.25 bits per heavy atom. The van der Waals surface area contributed by atoms with Crippen LogP contribution in [0.3, 0.4) is 0 Å². The standard InChI is InChI=1S/C16H18N2O2/c1-3-18-12-11-15(17-18)16(19)10-7-13-5-8-14(9-6-13)20-4-2/h5-12H,3-4H2,1-2H3/b10-7+. The molecule has 0 bridgehead atoms. The van der Waals surface area contributed by atoms with Crippen LogP contribution in [0.5, 0.6) is 5.75 Å². The Bertz CT molecular complexity index is 597. The van der Waals surface area contributed by atoms with Crippen molar-refractivity contribution in [1.29, 1.82) is 0 Å². The van der Waals surface area contributed by atoms with Crippen LogP contribution in [0.15, 0.2) is 42.6 Å². The predicted molar refractivity (Wildman–Crippen MR) is 78.9 cm³/mol. The average Bonchev–Trinajstić information content (AvgIpc) is 2.95. The van der Waals surface area contributed by atoms with Crippen molar-refractivity contribution in [2.75, 3.05) is 6.61 Å². The van der Waals surface area contributed by atoms with E-state index in [9.17, 15) is 4.79 Å². The van der Waals surface area contributed by atoms with Gasteiger partial charge in [0.05, 0.1) is 6.61 Å². The maximum absolute atomic E-state index is 11.9. The molecule has 0 aliphatic carbocycles. The highest BCUT2D eigenvalue weighted by atomic mass is 16.5. The Labute approximate surface area is 118 Å². The topological polar surface area (TPSA) is 44.1 Å². The van der Waals surface area contributed by atoms with Gasteiger partial charge in [0.15, 0.2) is 0 Å². The number of nitrogens with zero attached hydrogens (tertiary/aromatic N) is 2. The van der Waals surface area contributed by atoms with Crippen LogP contribution in [-0.2, 0) is 6.54 Å². The normalized spacial score (nSPS) is 10.9. The van der Waals surface area contributed by atoms with Crippen molar-refractivity contribution < 1.29 is 9.53 Å². The van der Waals surface area contributed by atoms with E-state index in [4.69, 9.17) is 4.74 Å². The van der Waals surface area contributed by atoms with Crippen LogP contribution in [0, 0.1) is 0 Å². The lowest BCUT2D eigenvalue weighted by Crippen LogP contribution is -1.99. The van der Waals surface area contributed by atoms with Gasteiger partial charge in [-0.3, -0.25) is 9.48 Å². The van der Waals surface area contributed by atoms with Gasteiger partial charge < -0.3 is 4.74 Å². The van der Waals surface area contributed by atoms with E-state index in [1.807, 2.05) is 38.1 Å². The number of ether oxygens (including phenoxy) is 1. The molecule has 0 aliphatic heterocycles. The number of aromatic nitrogens is 2. The van der Waals surface area contributed by atoms with Crippen molar-refractivity contribution in [1.82, 2.24) is 9.78 Å². The van der Waals surface area contributed by atoms with E-state index >= 15 is 0 Å². The van der Waals surface area contributed by atoms with Crippen molar-refractivity contribution in [3.05, 3.63) is 53.9 Å². The molecule has 0 fully saturated rings. The zero-order valence-corrected chi connectivity index (χ0v) is 11.7. The van der Waals surface area contributed by atoms with Gasteiger partial charge in [-0.2, -0.15) is 5.10 Å². The SMILES string of the molecule is CCOc1ccc(/C=C/C(=O)c2ccn(CC)n2)cc1. The Balaban J connectivity index is 2.02. The summed E-state index contributed by atoms with van der Waals surface area (Å²) in [5, 5.41) is 4.18. The molecule has 104 valence electrons. The molecule has 0 spiro atoms. The highest BCUT2D eigenvalue weighted by Gasteiger charge is 2.05. The molecule has 2 rings (SSSR count). The van der Waals surface area contributed by atoms with E-state index in [1.54, 1.807) is 23.0 Å². The van der Waals surface area contributed by atoms with Gasteiger partial charge in [0, 0.05) is 12.7 Å². The van der Waals surface area contributed by atoms with Gasteiger partial charge in [-0.25, -0.2) is 0 Å². The first kappa shape index (κ1) is 14.1. The zero-order chi connectivity index (χ0) is 14.4. The Morgan fingerprint density at radius 3 is 2.60 bits per heavy atom. The number of allylic oxidation sites excluding steroid dienone is 1. The molecule has 4 nitrogen and oxygen atoms in total. The van der Waals surface area contributed by atoms with E-state index in [2.05, 4.69) is 5.10 Å². The third-order valence-electron chi connectivity index (χ3n) is 2.84. The number of benzene rings is 1. The highest BCUT2D eigenvalue weighted by molar-refractivity contribution is 6.05. The second-order valence-electron chi connectivity index (χ2n) is 4.26.